The van der Waals surface area contributed by atoms with E-state index in [0.717, 1.165) is 19.1 Å². The smallest absolute Gasteiger partial charge is 0.186 e. The van der Waals surface area contributed by atoms with E-state index in [1.165, 1.54) is 12.8 Å². The highest BCUT2D eigenvalue weighted by Gasteiger charge is 2.22. The average molecular weight is 227 g/mol. The molecular weight excluding hydrogens is 202 g/mol. The van der Waals surface area contributed by atoms with Crippen molar-refractivity contribution in [3.05, 3.63) is 0 Å². The second-order valence-corrected chi connectivity index (χ2v) is 9.07. The summed E-state index contributed by atoms with van der Waals surface area (Å²) in [5.74, 6) is 0.716. The zero-order chi connectivity index (χ0) is 11.7. The maximum Gasteiger partial charge on any atom is 0.186 e. The minimum Gasteiger partial charge on any atom is -0.417 e. The van der Waals surface area contributed by atoms with Gasteiger partial charge in [-0.1, -0.05) is 26.7 Å². The van der Waals surface area contributed by atoms with Crippen LogP contribution in [0.25, 0.3) is 0 Å². The Morgan fingerprint density at radius 1 is 1.27 bits per heavy atom. The Hall–Kier alpha value is -0.333. The standard InChI is InChI=1S/C12H25NOSi/c1-5-12(6-2)11-14-15(3,4)10-8-7-9-13/h12H,5-8,10-11H2,1-4H3. The zero-order valence-corrected chi connectivity index (χ0v) is 11.7. The molecule has 0 heterocycles. The van der Waals surface area contributed by atoms with Crippen LogP contribution in [-0.2, 0) is 4.43 Å². The lowest BCUT2D eigenvalue weighted by molar-refractivity contribution is 0.231. The first-order valence-corrected chi connectivity index (χ1v) is 9.18. The number of nitrogens with zero attached hydrogens (tertiary/aromatic N) is 1. The minimum atomic E-state index is -1.49. The maximum atomic E-state index is 8.48. The lowest BCUT2D eigenvalue weighted by Gasteiger charge is -2.25. The second-order valence-electron chi connectivity index (χ2n) is 4.76. The predicted octanol–water partition coefficient (Wildman–Crippen LogP) is 3.95. The van der Waals surface area contributed by atoms with Crippen LogP contribution in [0, 0.1) is 17.2 Å². The topological polar surface area (TPSA) is 33.0 Å². The first-order chi connectivity index (χ1) is 7.05. The van der Waals surface area contributed by atoms with Crippen molar-refractivity contribution in [2.75, 3.05) is 6.61 Å². The number of nitriles is 1. The van der Waals surface area contributed by atoms with Crippen LogP contribution in [0.15, 0.2) is 0 Å². The summed E-state index contributed by atoms with van der Waals surface area (Å²) in [5.41, 5.74) is 0. The Bertz CT molecular complexity index is 194. The SMILES string of the molecule is CCC(CC)CO[Si](C)(C)CCCC#N. The fourth-order valence-corrected chi connectivity index (χ4v) is 3.39. The van der Waals surface area contributed by atoms with Crippen LogP contribution in [0.3, 0.4) is 0 Å². The first kappa shape index (κ1) is 14.7. The summed E-state index contributed by atoms with van der Waals surface area (Å²) in [7, 11) is -1.49. The predicted molar refractivity (Wildman–Crippen MR) is 67.2 cm³/mol. The van der Waals surface area contributed by atoms with Crippen molar-refractivity contribution in [3.63, 3.8) is 0 Å². The summed E-state index contributed by atoms with van der Waals surface area (Å²) in [6.45, 7) is 9.88. The first-order valence-electron chi connectivity index (χ1n) is 6.06. The zero-order valence-electron chi connectivity index (χ0n) is 10.7. The van der Waals surface area contributed by atoms with E-state index in [-0.39, 0.29) is 0 Å². The highest BCUT2D eigenvalue weighted by atomic mass is 28.4. The van der Waals surface area contributed by atoms with Crippen LogP contribution in [0.4, 0.5) is 0 Å². The van der Waals surface area contributed by atoms with Gasteiger partial charge in [0.1, 0.15) is 0 Å². The Morgan fingerprint density at radius 3 is 2.33 bits per heavy atom. The number of rotatable bonds is 8. The third kappa shape index (κ3) is 7.58. The molecule has 0 atom stereocenters. The van der Waals surface area contributed by atoms with Crippen molar-refractivity contribution in [3.8, 4) is 6.07 Å². The molecule has 0 bridgehead atoms. The van der Waals surface area contributed by atoms with Crippen LogP contribution >= 0.6 is 0 Å². The molecule has 0 amide bonds. The van der Waals surface area contributed by atoms with Gasteiger partial charge in [-0.2, -0.15) is 5.26 Å². The number of hydrogen-bond donors (Lipinski definition) is 0. The average Bonchev–Trinajstić information content (AvgIpc) is 2.19. The van der Waals surface area contributed by atoms with Crippen LogP contribution < -0.4 is 0 Å². The Kier molecular flexibility index (Phi) is 7.72. The van der Waals surface area contributed by atoms with E-state index in [1.54, 1.807) is 0 Å². The largest absolute Gasteiger partial charge is 0.417 e. The van der Waals surface area contributed by atoms with E-state index in [0.29, 0.717) is 12.3 Å². The highest BCUT2D eigenvalue weighted by molar-refractivity contribution is 6.71. The quantitative estimate of drug-likeness (QED) is 0.464. The van der Waals surface area contributed by atoms with E-state index in [9.17, 15) is 0 Å². The van der Waals surface area contributed by atoms with E-state index in [4.69, 9.17) is 9.69 Å². The molecule has 0 radical (unpaired) electrons. The molecule has 0 aromatic heterocycles. The second kappa shape index (κ2) is 7.89. The summed E-state index contributed by atoms with van der Waals surface area (Å²) < 4.78 is 6.05. The molecule has 0 N–H and O–H groups in total. The highest BCUT2D eigenvalue weighted by Crippen LogP contribution is 2.18. The molecular formula is C12H25NOSi. The van der Waals surface area contributed by atoms with Crippen molar-refractivity contribution < 1.29 is 4.43 Å². The van der Waals surface area contributed by atoms with Gasteiger partial charge in [-0.3, -0.25) is 0 Å². The summed E-state index contributed by atoms with van der Waals surface area (Å²) >= 11 is 0. The van der Waals surface area contributed by atoms with Crippen molar-refractivity contribution in [1.82, 2.24) is 0 Å². The normalized spacial score (nSPS) is 11.7. The molecule has 0 aromatic rings. The van der Waals surface area contributed by atoms with Crippen LogP contribution in [-0.4, -0.2) is 14.9 Å². The molecule has 0 aliphatic heterocycles. The lowest BCUT2D eigenvalue weighted by atomic mass is 10.1. The van der Waals surface area contributed by atoms with E-state index in [1.807, 2.05) is 0 Å². The van der Waals surface area contributed by atoms with Crippen LogP contribution in [0.2, 0.25) is 19.1 Å². The van der Waals surface area contributed by atoms with Crippen molar-refractivity contribution in [2.45, 2.75) is 58.7 Å². The molecule has 0 aliphatic rings. The van der Waals surface area contributed by atoms with Gasteiger partial charge in [0.15, 0.2) is 8.32 Å². The Morgan fingerprint density at radius 2 is 1.87 bits per heavy atom. The van der Waals surface area contributed by atoms with E-state index >= 15 is 0 Å². The van der Waals surface area contributed by atoms with Gasteiger partial charge in [-0.15, -0.1) is 0 Å². The van der Waals surface area contributed by atoms with Gasteiger partial charge in [0, 0.05) is 13.0 Å². The Labute approximate surface area is 95.8 Å². The van der Waals surface area contributed by atoms with Crippen LogP contribution in [0.5, 0.6) is 0 Å². The third-order valence-electron chi connectivity index (χ3n) is 2.93. The molecule has 3 heteroatoms. The van der Waals surface area contributed by atoms with E-state index in [2.05, 4.69) is 33.0 Å². The molecule has 0 aromatic carbocycles. The van der Waals surface area contributed by atoms with Crippen LogP contribution in [0.1, 0.15) is 39.5 Å². The molecule has 0 spiro atoms. The van der Waals surface area contributed by atoms with Gasteiger partial charge >= 0.3 is 0 Å². The number of unbranched alkanes of at least 4 members (excludes halogenated alkanes) is 1. The Balaban J connectivity index is 3.77. The summed E-state index contributed by atoms with van der Waals surface area (Å²) in [5, 5.41) is 8.48. The molecule has 0 aliphatic carbocycles. The van der Waals surface area contributed by atoms with Crippen molar-refractivity contribution in [2.24, 2.45) is 5.92 Å². The third-order valence-corrected chi connectivity index (χ3v) is 5.44. The van der Waals surface area contributed by atoms with Gasteiger partial charge in [-0.05, 0) is 31.5 Å². The fourth-order valence-electron chi connectivity index (χ4n) is 1.53. The summed E-state index contributed by atoms with van der Waals surface area (Å²) in [6, 6.07) is 3.31. The fraction of sp³-hybridized carbons (Fsp3) is 0.917. The molecule has 2 nitrogen and oxygen atoms in total. The van der Waals surface area contributed by atoms with Gasteiger partial charge in [0.2, 0.25) is 0 Å². The number of hydrogen-bond acceptors (Lipinski definition) is 2. The van der Waals surface area contributed by atoms with Gasteiger partial charge in [-0.25, -0.2) is 0 Å². The molecule has 0 rings (SSSR count). The molecule has 0 fully saturated rings. The molecule has 88 valence electrons. The summed E-state index contributed by atoms with van der Waals surface area (Å²) in [6.07, 6.45) is 4.09. The molecule has 15 heavy (non-hydrogen) atoms. The van der Waals surface area contributed by atoms with Gasteiger partial charge in [0.05, 0.1) is 6.07 Å². The molecule has 0 saturated heterocycles. The summed E-state index contributed by atoms with van der Waals surface area (Å²) in [4.78, 5) is 0. The van der Waals surface area contributed by atoms with Crippen molar-refractivity contribution >= 4 is 8.32 Å². The van der Waals surface area contributed by atoms with E-state index < -0.39 is 8.32 Å². The molecule has 0 unspecified atom stereocenters. The van der Waals surface area contributed by atoms with Gasteiger partial charge < -0.3 is 4.43 Å². The minimum absolute atomic E-state index is 0.671. The van der Waals surface area contributed by atoms with Crippen molar-refractivity contribution in [1.29, 1.82) is 5.26 Å². The maximum absolute atomic E-state index is 8.48. The van der Waals surface area contributed by atoms with Gasteiger partial charge in [0.25, 0.3) is 0 Å². The molecule has 0 saturated carbocycles. The lowest BCUT2D eigenvalue weighted by Crippen LogP contribution is -2.32. The monoisotopic (exact) mass is 227 g/mol.